The van der Waals surface area contributed by atoms with Crippen LogP contribution in [0.1, 0.15) is 0 Å². The second kappa shape index (κ2) is 6.46. The van der Waals surface area contributed by atoms with Crippen LogP contribution in [0, 0.1) is 0 Å². The van der Waals surface area contributed by atoms with Crippen LogP contribution in [-0.4, -0.2) is 10.2 Å². The van der Waals surface area contributed by atoms with Crippen LogP contribution in [0.25, 0.3) is 33.6 Å². The summed E-state index contributed by atoms with van der Waals surface area (Å²) >= 11 is 3.50. The molecule has 0 aliphatic heterocycles. The molecule has 0 spiro atoms. The molecule has 1 heterocycles. The van der Waals surface area contributed by atoms with Gasteiger partial charge in [0.25, 0.3) is 0 Å². The monoisotopic (exact) mass is 374 g/mol. The molecule has 4 rings (SSSR count). The number of hydrogen-bond donors (Lipinski definition) is 1. The molecule has 3 heteroatoms. The number of nitrogens with one attached hydrogen (secondary N) is 1. The molecule has 0 saturated heterocycles. The number of nitrogens with zero attached hydrogens (tertiary/aromatic N) is 1. The number of aromatic nitrogens is 2. The first-order valence-electron chi connectivity index (χ1n) is 7.78. The fraction of sp³-hybridized carbons (Fsp3) is 0. The van der Waals surface area contributed by atoms with E-state index in [9.17, 15) is 0 Å². The van der Waals surface area contributed by atoms with E-state index in [0.29, 0.717) is 0 Å². The van der Waals surface area contributed by atoms with Crippen LogP contribution in [-0.2, 0) is 0 Å². The van der Waals surface area contributed by atoms with Crippen LogP contribution in [0.15, 0.2) is 89.4 Å². The van der Waals surface area contributed by atoms with E-state index in [0.717, 1.165) is 38.1 Å². The highest BCUT2D eigenvalue weighted by molar-refractivity contribution is 9.10. The predicted octanol–water partition coefficient (Wildman–Crippen LogP) is 6.17. The maximum absolute atomic E-state index is 4.62. The minimum atomic E-state index is 0.972. The van der Waals surface area contributed by atoms with Crippen molar-refractivity contribution < 1.29 is 0 Å². The highest BCUT2D eigenvalue weighted by Crippen LogP contribution is 2.38. The molecular weight excluding hydrogens is 360 g/mol. The van der Waals surface area contributed by atoms with Gasteiger partial charge in [0, 0.05) is 21.2 Å². The van der Waals surface area contributed by atoms with E-state index in [4.69, 9.17) is 0 Å². The lowest BCUT2D eigenvalue weighted by molar-refractivity contribution is 1.10. The third-order valence-electron chi connectivity index (χ3n) is 4.01. The Hall–Kier alpha value is -2.65. The Labute approximate surface area is 149 Å². The summed E-state index contributed by atoms with van der Waals surface area (Å²) in [5.74, 6) is 0. The Bertz CT molecular complexity index is 942. The number of rotatable bonds is 3. The van der Waals surface area contributed by atoms with Crippen LogP contribution in [0.5, 0.6) is 0 Å². The van der Waals surface area contributed by atoms with Crippen LogP contribution < -0.4 is 0 Å². The molecule has 0 bridgehead atoms. The van der Waals surface area contributed by atoms with E-state index in [2.05, 4.69) is 74.7 Å². The molecule has 0 aliphatic carbocycles. The minimum Gasteiger partial charge on any atom is -0.277 e. The first-order valence-corrected chi connectivity index (χ1v) is 8.57. The minimum absolute atomic E-state index is 0.972. The summed E-state index contributed by atoms with van der Waals surface area (Å²) in [6.07, 6.45) is 0. The Morgan fingerprint density at radius 2 is 1.21 bits per heavy atom. The van der Waals surface area contributed by atoms with E-state index in [1.54, 1.807) is 0 Å². The van der Waals surface area contributed by atoms with Crippen molar-refractivity contribution in [2.75, 3.05) is 0 Å². The quantitative estimate of drug-likeness (QED) is 0.456. The standard InChI is InChI=1S/C21H15BrN2/c22-18-13-11-17(12-14-18)21-19(15-7-3-1-4-8-15)20(23-24-21)16-9-5-2-6-10-16/h1-14H,(H,23,24). The normalized spacial score (nSPS) is 10.7. The third kappa shape index (κ3) is 2.79. The van der Waals surface area contributed by atoms with E-state index in [-0.39, 0.29) is 0 Å². The van der Waals surface area contributed by atoms with Gasteiger partial charge in [-0.1, -0.05) is 88.7 Å². The first kappa shape index (κ1) is 14.9. The summed E-state index contributed by atoms with van der Waals surface area (Å²) in [7, 11) is 0. The topological polar surface area (TPSA) is 28.7 Å². The molecule has 0 radical (unpaired) electrons. The lowest BCUT2D eigenvalue weighted by Crippen LogP contribution is -1.85. The number of halogens is 1. The Morgan fingerprint density at radius 1 is 0.625 bits per heavy atom. The molecule has 24 heavy (non-hydrogen) atoms. The molecule has 0 amide bonds. The van der Waals surface area contributed by atoms with Crippen molar-refractivity contribution in [3.8, 4) is 33.6 Å². The lowest BCUT2D eigenvalue weighted by atomic mass is 9.96. The van der Waals surface area contributed by atoms with Crippen molar-refractivity contribution in [3.05, 3.63) is 89.4 Å². The Morgan fingerprint density at radius 3 is 1.83 bits per heavy atom. The summed E-state index contributed by atoms with van der Waals surface area (Å²) in [6.45, 7) is 0. The highest BCUT2D eigenvalue weighted by atomic mass is 79.9. The summed E-state index contributed by atoms with van der Waals surface area (Å²) in [4.78, 5) is 0. The zero-order valence-corrected chi connectivity index (χ0v) is 14.5. The highest BCUT2D eigenvalue weighted by Gasteiger charge is 2.17. The second-order valence-corrected chi connectivity index (χ2v) is 6.48. The lowest BCUT2D eigenvalue weighted by Gasteiger charge is -2.07. The fourth-order valence-corrected chi connectivity index (χ4v) is 3.12. The first-order chi connectivity index (χ1) is 11.8. The molecule has 0 unspecified atom stereocenters. The maximum Gasteiger partial charge on any atom is 0.101 e. The molecule has 0 fully saturated rings. The van der Waals surface area contributed by atoms with Gasteiger partial charge < -0.3 is 0 Å². The van der Waals surface area contributed by atoms with Gasteiger partial charge in [-0.3, -0.25) is 5.10 Å². The average Bonchev–Trinajstić information content (AvgIpc) is 3.09. The number of hydrogen-bond acceptors (Lipinski definition) is 1. The molecule has 1 aromatic heterocycles. The van der Waals surface area contributed by atoms with Gasteiger partial charge in [0.15, 0.2) is 0 Å². The Balaban J connectivity index is 1.95. The number of H-pyrrole nitrogens is 1. The van der Waals surface area contributed by atoms with Crippen molar-refractivity contribution >= 4 is 15.9 Å². The van der Waals surface area contributed by atoms with Gasteiger partial charge in [0.2, 0.25) is 0 Å². The predicted molar refractivity (Wildman–Crippen MR) is 103 cm³/mol. The van der Waals surface area contributed by atoms with Crippen LogP contribution >= 0.6 is 15.9 Å². The second-order valence-electron chi connectivity index (χ2n) is 5.56. The smallest absolute Gasteiger partial charge is 0.101 e. The van der Waals surface area contributed by atoms with Crippen molar-refractivity contribution in [1.29, 1.82) is 0 Å². The summed E-state index contributed by atoms with van der Waals surface area (Å²) in [6, 6.07) is 29.0. The molecule has 0 saturated carbocycles. The molecule has 4 aromatic rings. The van der Waals surface area contributed by atoms with Crippen molar-refractivity contribution in [2.24, 2.45) is 0 Å². The van der Waals surface area contributed by atoms with Crippen molar-refractivity contribution in [1.82, 2.24) is 10.2 Å². The average molecular weight is 375 g/mol. The molecule has 1 N–H and O–H groups in total. The van der Waals surface area contributed by atoms with E-state index >= 15 is 0 Å². The molecule has 0 atom stereocenters. The molecule has 3 aromatic carbocycles. The van der Waals surface area contributed by atoms with E-state index < -0.39 is 0 Å². The number of benzene rings is 3. The third-order valence-corrected chi connectivity index (χ3v) is 4.54. The zero-order chi connectivity index (χ0) is 16.4. The maximum atomic E-state index is 4.62. The van der Waals surface area contributed by atoms with Gasteiger partial charge in [-0.25, -0.2) is 0 Å². The zero-order valence-electron chi connectivity index (χ0n) is 12.9. The van der Waals surface area contributed by atoms with Crippen molar-refractivity contribution in [2.45, 2.75) is 0 Å². The molecule has 0 aliphatic rings. The van der Waals surface area contributed by atoms with Gasteiger partial charge in [0.1, 0.15) is 5.69 Å². The van der Waals surface area contributed by atoms with Crippen LogP contribution in [0.4, 0.5) is 0 Å². The SMILES string of the molecule is Brc1ccc(-c2[nH]nc(-c3ccccc3)c2-c2ccccc2)cc1. The largest absolute Gasteiger partial charge is 0.277 e. The summed E-state index contributed by atoms with van der Waals surface area (Å²) in [5.41, 5.74) is 6.52. The van der Waals surface area contributed by atoms with Gasteiger partial charge in [-0.2, -0.15) is 5.10 Å². The van der Waals surface area contributed by atoms with E-state index in [1.165, 1.54) is 0 Å². The van der Waals surface area contributed by atoms with Gasteiger partial charge in [0.05, 0.1) is 5.69 Å². The fourth-order valence-electron chi connectivity index (χ4n) is 2.86. The van der Waals surface area contributed by atoms with Gasteiger partial charge >= 0.3 is 0 Å². The van der Waals surface area contributed by atoms with Crippen LogP contribution in [0.2, 0.25) is 0 Å². The summed E-state index contributed by atoms with van der Waals surface area (Å²) in [5, 5.41) is 7.87. The van der Waals surface area contributed by atoms with Crippen molar-refractivity contribution in [3.63, 3.8) is 0 Å². The number of aromatic amines is 1. The van der Waals surface area contributed by atoms with Crippen LogP contribution in [0.3, 0.4) is 0 Å². The summed E-state index contributed by atoms with van der Waals surface area (Å²) < 4.78 is 1.07. The van der Waals surface area contributed by atoms with Gasteiger partial charge in [-0.05, 0) is 17.7 Å². The van der Waals surface area contributed by atoms with Gasteiger partial charge in [-0.15, -0.1) is 0 Å². The molecule has 116 valence electrons. The molecule has 2 nitrogen and oxygen atoms in total. The Kier molecular flexibility index (Phi) is 4.01. The van der Waals surface area contributed by atoms with E-state index in [1.807, 2.05) is 36.4 Å². The molecular formula is C21H15BrN2.